The normalized spacial score (nSPS) is 19.7. The summed E-state index contributed by atoms with van der Waals surface area (Å²) in [6.45, 7) is 7.31. The molecular formula is C42H53FN2O9S. The van der Waals surface area contributed by atoms with Crippen molar-refractivity contribution in [3.8, 4) is 0 Å². The Hall–Kier alpha value is -4.17. The number of unbranched alkanes of at least 4 members (excludes halogenated alkanes) is 1. The highest BCUT2D eigenvalue weighted by molar-refractivity contribution is 7.88. The number of esters is 2. The van der Waals surface area contributed by atoms with Gasteiger partial charge >= 0.3 is 11.9 Å². The van der Waals surface area contributed by atoms with Crippen LogP contribution in [-0.2, 0) is 56.2 Å². The number of carbonyl (C=O) groups excluding carboxylic acids is 3. The summed E-state index contributed by atoms with van der Waals surface area (Å²) in [5.41, 5.74) is 3.75. The second kappa shape index (κ2) is 18.2. The van der Waals surface area contributed by atoms with Gasteiger partial charge in [-0.3, -0.25) is 14.4 Å². The van der Waals surface area contributed by atoms with E-state index >= 15 is 0 Å². The number of nitrogens with one attached hydrogen (secondary N) is 1. The van der Waals surface area contributed by atoms with Crippen LogP contribution in [0.1, 0.15) is 101 Å². The molecule has 0 radical (unpaired) electrons. The van der Waals surface area contributed by atoms with Gasteiger partial charge in [0.1, 0.15) is 11.9 Å². The molecule has 2 aliphatic heterocycles. The van der Waals surface area contributed by atoms with Gasteiger partial charge in [-0.15, -0.1) is 0 Å². The van der Waals surface area contributed by atoms with Crippen molar-refractivity contribution in [3.05, 3.63) is 101 Å². The minimum atomic E-state index is -3.25. The predicted molar refractivity (Wildman–Crippen MR) is 206 cm³/mol. The van der Waals surface area contributed by atoms with Crippen molar-refractivity contribution in [1.82, 2.24) is 4.72 Å². The largest absolute Gasteiger partial charge is 0.458 e. The maximum Gasteiger partial charge on any atom is 0.303 e. The predicted octanol–water partition coefficient (Wildman–Crippen LogP) is 6.89. The zero-order valence-electron chi connectivity index (χ0n) is 32.3. The Balaban J connectivity index is 1.28. The van der Waals surface area contributed by atoms with Crippen LogP contribution in [0.15, 0.2) is 72.8 Å². The number of aryl methyl sites for hydroxylation is 2. The van der Waals surface area contributed by atoms with Gasteiger partial charge in [-0.1, -0.05) is 48.5 Å². The van der Waals surface area contributed by atoms with E-state index in [0.717, 1.165) is 47.9 Å². The first-order chi connectivity index (χ1) is 26.0. The van der Waals surface area contributed by atoms with Crippen molar-refractivity contribution in [2.75, 3.05) is 30.9 Å². The molecule has 1 amide bonds. The van der Waals surface area contributed by atoms with Crippen LogP contribution in [0, 0.1) is 11.7 Å². The van der Waals surface area contributed by atoms with Crippen molar-refractivity contribution in [3.63, 3.8) is 0 Å². The molecule has 0 aromatic heterocycles. The van der Waals surface area contributed by atoms with E-state index in [-0.39, 0.29) is 37.0 Å². The lowest BCUT2D eigenvalue weighted by molar-refractivity contribution is -0.305. The van der Waals surface area contributed by atoms with Crippen molar-refractivity contribution in [2.45, 2.75) is 103 Å². The number of sulfonamides is 1. The van der Waals surface area contributed by atoms with E-state index in [1.54, 1.807) is 17.0 Å². The smallest absolute Gasteiger partial charge is 0.303 e. The number of carbonyl (C=O) groups is 3. The summed E-state index contributed by atoms with van der Waals surface area (Å²) in [5.74, 6) is -2.35. The topological polar surface area (TPSA) is 138 Å². The number of hydrogen-bond donors (Lipinski definition) is 1. The molecule has 13 heteroatoms. The van der Waals surface area contributed by atoms with Crippen LogP contribution in [0.25, 0.3) is 0 Å². The minimum Gasteiger partial charge on any atom is -0.458 e. The highest BCUT2D eigenvalue weighted by atomic mass is 32.2. The molecule has 0 bridgehead atoms. The van der Waals surface area contributed by atoms with Gasteiger partial charge in [0.25, 0.3) is 0 Å². The summed E-state index contributed by atoms with van der Waals surface area (Å²) in [4.78, 5) is 39.6. The summed E-state index contributed by atoms with van der Waals surface area (Å²) in [7, 11) is -3.25. The standard InChI is InChI=1S/C42H53FN2O9S/c1-29(46)53-38(33-17-19-35(43)20-18-33)24-23-37-39(45(40(37)48)36-21-13-32(14-22-36)10-8-26-44-55(5,49)50)34-15-11-31(12-16-34)9-6-7-25-42(54-30(2)47)27-51-41(3,4)52-28-42/h11-22,37-39,44H,6-10,23-28H2,1-5H3/t37?,38-,39?/m0/s1. The molecule has 0 aliphatic carbocycles. The van der Waals surface area contributed by atoms with Gasteiger partial charge < -0.3 is 23.8 Å². The molecule has 3 aromatic rings. The quantitative estimate of drug-likeness (QED) is 0.0831. The Labute approximate surface area is 323 Å². The number of β-lactam (4-membered cyclic amide) rings is 1. The van der Waals surface area contributed by atoms with Crippen molar-refractivity contribution < 1.29 is 46.1 Å². The molecule has 11 nitrogen and oxygen atoms in total. The summed E-state index contributed by atoms with van der Waals surface area (Å²) >= 11 is 0. The fourth-order valence-corrected chi connectivity index (χ4v) is 7.80. The highest BCUT2D eigenvalue weighted by Gasteiger charge is 2.48. The highest BCUT2D eigenvalue weighted by Crippen LogP contribution is 2.47. The Morgan fingerprint density at radius 2 is 1.49 bits per heavy atom. The molecule has 298 valence electrons. The fraction of sp³-hybridized carbons (Fsp3) is 0.500. The number of benzene rings is 3. The average Bonchev–Trinajstić information content (AvgIpc) is 3.12. The maximum absolute atomic E-state index is 13.9. The fourth-order valence-electron chi connectivity index (χ4n) is 7.29. The summed E-state index contributed by atoms with van der Waals surface area (Å²) in [6.07, 6.45) is 5.73. The molecule has 0 spiro atoms. The van der Waals surface area contributed by atoms with E-state index in [1.165, 1.54) is 26.0 Å². The number of anilines is 1. The van der Waals surface area contributed by atoms with Crippen LogP contribution in [0.2, 0.25) is 0 Å². The molecular weight excluding hydrogens is 728 g/mol. The summed E-state index contributed by atoms with van der Waals surface area (Å²) in [6, 6.07) is 21.6. The molecule has 2 unspecified atom stereocenters. The van der Waals surface area contributed by atoms with Crippen molar-refractivity contribution >= 4 is 33.6 Å². The SMILES string of the molecule is CC(=O)O[C@@H](CCC1C(=O)N(c2ccc(CCCNS(C)(=O)=O)cc2)C1c1ccc(CCCCC2(OC(C)=O)COC(C)(C)OC2)cc1)c1ccc(F)cc1. The molecule has 55 heavy (non-hydrogen) atoms. The van der Waals surface area contributed by atoms with Crippen molar-refractivity contribution in [1.29, 1.82) is 0 Å². The molecule has 2 heterocycles. The van der Waals surface area contributed by atoms with Gasteiger partial charge in [-0.2, -0.15) is 0 Å². The Bertz CT molecular complexity index is 1870. The first kappa shape index (κ1) is 42.0. The molecule has 2 fully saturated rings. The van der Waals surface area contributed by atoms with Crippen molar-refractivity contribution in [2.24, 2.45) is 5.92 Å². The lowest BCUT2D eigenvalue weighted by atomic mass is 9.78. The molecule has 1 N–H and O–H groups in total. The zero-order valence-corrected chi connectivity index (χ0v) is 33.2. The van der Waals surface area contributed by atoms with E-state index < -0.39 is 39.3 Å². The van der Waals surface area contributed by atoms with Crippen LogP contribution < -0.4 is 9.62 Å². The number of ether oxygens (including phenoxy) is 4. The molecule has 2 saturated heterocycles. The first-order valence-electron chi connectivity index (χ1n) is 18.9. The van der Waals surface area contributed by atoms with Gasteiger partial charge in [0.05, 0.1) is 31.4 Å². The first-order valence-corrected chi connectivity index (χ1v) is 20.8. The third-order valence-electron chi connectivity index (χ3n) is 10.1. The van der Waals surface area contributed by atoms with E-state index in [2.05, 4.69) is 29.0 Å². The Morgan fingerprint density at radius 1 is 0.891 bits per heavy atom. The maximum atomic E-state index is 13.9. The number of amides is 1. The summed E-state index contributed by atoms with van der Waals surface area (Å²) < 4.78 is 62.0. The van der Waals surface area contributed by atoms with E-state index in [9.17, 15) is 27.2 Å². The monoisotopic (exact) mass is 780 g/mol. The molecule has 3 atom stereocenters. The van der Waals surface area contributed by atoms with Crippen LogP contribution in [0.4, 0.5) is 10.1 Å². The van der Waals surface area contributed by atoms with Gasteiger partial charge in [-0.25, -0.2) is 17.5 Å². The second-order valence-corrected chi connectivity index (χ2v) is 17.0. The van der Waals surface area contributed by atoms with Crippen LogP contribution >= 0.6 is 0 Å². The lowest BCUT2D eigenvalue weighted by Crippen LogP contribution is -2.55. The Kier molecular flexibility index (Phi) is 13.9. The second-order valence-electron chi connectivity index (χ2n) is 15.1. The third-order valence-corrected chi connectivity index (χ3v) is 10.8. The molecule has 2 aliphatic rings. The molecule has 5 rings (SSSR count). The number of nitrogens with zero attached hydrogens (tertiary/aromatic N) is 1. The minimum absolute atomic E-state index is 0.0411. The van der Waals surface area contributed by atoms with E-state index in [1.807, 2.05) is 38.1 Å². The average molecular weight is 781 g/mol. The van der Waals surface area contributed by atoms with Crippen LogP contribution in [0.3, 0.4) is 0 Å². The van der Waals surface area contributed by atoms with E-state index in [0.29, 0.717) is 44.2 Å². The molecule has 3 aromatic carbocycles. The van der Waals surface area contributed by atoms with Gasteiger partial charge in [-0.05, 0) is 112 Å². The van der Waals surface area contributed by atoms with Gasteiger partial charge in [0.15, 0.2) is 11.4 Å². The lowest BCUT2D eigenvalue weighted by Gasteiger charge is -2.48. The summed E-state index contributed by atoms with van der Waals surface area (Å²) in [5, 5.41) is 0. The third kappa shape index (κ3) is 11.9. The number of halogens is 1. The molecule has 0 saturated carbocycles. The van der Waals surface area contributed by atoms with Gasteiger partial charge in [0.2, 0.25) is 15.9 Å². The van der Waals surface area contributed by atoms with Crippen LogP contribution in [0.5, 0.6) is 0 Å². The Morgan fingerprint density at radius 3 is 2.07 bits per heavy atom. The number of rotatable bonds is 18. The van der Waals surface area contributed by atoms with Crippen LogP contribution in [-0.4, -0.2) is 63.7 Å². The van der Waals surface area contributed by atoms with E-state index in [4.69, 9.17) is 18.9 Å². The number of hydrogen-bond acceptors (Lipinski definition) is 9. The van der Waals surface area contributed by atoms with Gasteiger partial charge in [0, 0.05) is 26.1 Å². The zero-order chi connectivity index (χ0) is 39.8.